The minimum absolute atomic E-state index is 0.236. The molecule has 0 saturated carbocycles. The maximum atomic E-state index is 13.4. The zero-order valence-electron chi connectivity index (χ0n) is 55.9. The highest BCUT2D eigenvalue weighted by molar-refractivity contribution is 5.76. The predicted octanol–water partition coefficient (Wildman–Crippen LogP) is 10.00. The average Bonchev–Trinajstić information content (AvgIpc) is 1.16. The molecule has 12 N–H and O–H groups in total. The van der Waals surface area contributed by atoms with Gasteiger partial charge in [-0.05, 0) is 44.9 Å². The molecule has 19 heteroatoms. The SMILES string of the molecule is CCCCCCCCC/C=C/CC/C=C/CC/C=C/C(O)C(COC1OC(CO)C(OC2OC(CO)C(OC3OC(CO)C(O)C(O)C3O)C(O)C2O)C(O)C1O)NC(=O)CCCCCCCCCCCCCCCCCCCCCCCCCCCCCC. The van der Waals surface area contributed by atoms with Gasteiger partial charge >= 0.3 is 0 Å². The zero-order chi connectivity index (χ0) is 65.4. The van der Waals surface area contributed by atoms with Crippen molar-refractivity contribution in [3.8, 4) is 0 Å². The summed E-state index contributed by atoms with van der Waals surface area (Å²) in [6, 6.07) is -0.994. The molecule has 17 unspecified atom stereocenters. The molecule has 3 aliphatic heterocycles. The number of carbonyl (C=O) groups excluding carboxylic acids is 1. The van der Waals surface area contributed by atoms with Crippen molar-refractivity contribution in [3.63, 3.8) is 0 Å². The number of ether oxygens (including phenoxy) is 6. The number of nitrogens with one attached hydrogen (secondary N) is 1. The quantitative estimate of drug-likeness (QED) is 0.0199. The van der Waals surface area contributed by atoms with Crippen molar-refractivity contribution in [1.82, 2.24) is 5.32 Å². The van der Waals surface area contributed by atoms with Crippen LogP contribution in [-0.4, -0.2) is 193 Å². The van der Waals surface area contributed by atoms with Crippen LogP contribution < -0.4 is 5.32 Å². The van der Waals surface area contributed by atoms with Gasteiger partial charge in [-0.3, -0.25) is 4.79 Å². The van der Waals surface area contributed by atoms with Crippen molar-refractivity contribution < 1.29 is 89.4 Å². The average molecular weight is 1290 g/mol. The fraction of sp³-hybridized carbons (Fsp3) is 0.901. The van der Waals surface area contributed by atoms with Gasteiger partial charge in [0.15, 0.2) is 18.9 Å². The molecule has 1 amide bonds. The first-order valence-corrected chi connectivity index (χ1v) is 36.2. The van der Waals surface area contributed by atoms with Crippen molar-refractivity contribution >= 4 is 5.91 Å². The lowest BCUT2D eigenvalue weighted by molar-refractivity contribution is -0.379. The van der Waals surface area contributed by atoms with E-state index in [2.05, 4.69) is 43.5 Å². The number of hydrogen-bond acceptors (Lipinski definition) is 18. The number of hydrogen-bond donors (Lipinski definition) is 12. The first-order chi connectivity index (χ1) is 43.8. The number of rotatable bonds is 56. The van der Waals surface area contributed by atoms with E-state index < -0.39 is 124 Å². The molecule has 0 radical (unpaired) electrons. The first-order valence-electron chi connectivity index (χ1n) is 36.2. The summed E-state index contributed by atoms with van der Waals surface area (Å²) in [7, 11) is 0. The summed E-state index contributed by atoms with van der Waals surface area (Å²) >= 11 is 0. The Kier molecular flexibility index (Phi) is 48.6. The smallest absolute Gasteiger partial charge is 0.220 e. The van der Waals surface area contributed by atoms with Crippen LogP contribution in [0.2, 0.25) is 0 Å². The van der Waals surface area contributed by atoms with Crippen molar-refractivity contribution in [2.75, 3.05) is 26.4 Å². The highest BCUT2D eigenvalue weighted by Gasteiger charge is 2.53. The molecular weight excluding hydrogens is 1150 g/mol. The minimum atomic E-state index is -1.98. The van der Waals surface area contributed by atoms with E-state index in [-0.39, 0.29) is 18.9 Å². The van der Waals surface area contributed by atoms with E-state index in [0.717, 1.165) is 44.9 Å². The highest BCUT2D eigenvalue weighted by atomic mass is 16.8. The van der Waals surface area contributed by atoms with Gasteiger partial charge in [-0.2, -0.15) is 0 Å². The van der Waals surface area contributed by atoms with Gasteiger partial charge in [-0.15, -0.1) is 0 Å². The molecule has 19 nitrogen and oxygen atoms in total. The maximum absolute atomic E-state index is 13.4. The molecule has 3 saturated heterocycles. The Morgan fingerprint density at radius 3 is 1.11 bits per heavy atom. The van der Waals surface area contributed by atoms with E-state index in [1.807, 2.05) is 6.08 Å². The van der Waals surface area contributed by atoms with Crippen LogP contribution in [0.4, 0.5) is 0 Å². The third-order valence-corrected chi connectivity index (χ3v) is 18.2. The molecule has 3 aliphatic rings. The molecule has 0 bridgehead atoms. The van der Waals surface area contributed by atoms with E-state index in [0.29, 0.717) is 12.8 Å². The van der Waals surface area contributed by atoms with Crippen LogP contribution in [0.25, 0.3) is 0 Å². The largest absolute Gasteiger partial charge is 0.394 e. The molecule has 90 heavy (non-hydrogen) atoms. The summed E-state index contributed by atoms with van der Waals surface area (Å²) in [5.74, 6) is -0.285. The Hall–Kier alpha value is -1.99. The second kappa shape index (κ2) is 53.2. The lowest BCUT2D eigenvalue weighted by Crippen LogP contribution is -2.66. The normalized spacial score (nSPS) is 28.2. The predicted molar refractivity (Wildman–Crippen MR) is 351 cm³/mol. The van der Waals surface area contributed by atoms with E-state index >= 15 is 0 Å². The minimum Gasteiger partial charge on any atom is -0.394 e. The molecule has 0 spiro atoms. The van der Waals surface area contributed by atoms with E-state index in [1.54, 1.807) is 6.08 Å². The van der Waals surface area contributed by atoms with Gasteiger partial charge in [0, 0.05) is 6.42 Å². The van der Waals surface area contributed by atoms with E-state index in [1.165, 1.54) is 199 Å². The van der Waals surface area contributed by atoms with E-state index in [4.69, 9.17) is 28.4 Å². The lowest BCUT2D eigenvalue weighted by atomic mass is 9.96. The second-order valence-electron chi connectivity index (χ2n) is 26.0. The van der Waals surface area contributed by atoms with Crippen LogP contribution in [0.15, 0.2) is 36.5 Å². The second-order valence-corrected chi connectivity index (χ2v) is 26.0. The van der Waals surface area contributed by atoms with Gasteiger partial charge in [0.2, 0.25) is 5.91 Å². The van der Waals surface area contributed by atoms with Crippen LogP contribution in [0.3, 0.4) is 0 Å². The Morgan fingerprint density at radius 2 is 0.711 bits per heavy atom. The summed E-state index contributed by atoms with van der Waals surface area (Å²) < 4.78 is 34.3. The van der Waals surface area contributed by atoms with Crippen LogP contribution in [0.5, 0.6) is 0 Å². The van der Waals surface area contributed by atoms with Crippen molar-refractivity contribution in [3.05, 3.63) is 36.5 Å². The fourth-order valence-electron chi connectivity index (χ4n) is 12.3. The molecule has 528 valence electrons. The number of unbranched alkanes of at least 4 members (excludes halogenated alkanes) is 36. The molecule has 0 aromatic heterocycles. The Morgan fingerprint density at radius 1 is 0.389 bits per heavy atom. The lowest BCUT2D eigenvalue weighted by Gasteiger charge is -2.48. The third kappa shape index (κ3) is 34.6. The Bertz CT molecular complexity index is 1780. The summed E-state index contributed by atoms with van der Waals surface area (Å²) in [5.41, 5.74) is 0. The molecule has 3 rings (SSSR count). The van der Waals surface area contributed by atoms with Crippen molar-refractivity contribution in [1.29, 1.82) is 0 Å². The molecule has 3 heterocycles. The number of carbonyl (C=O) groups is 1. The molecular formula is C71H131NO18. The first kappa shape index (κ1) is 82.2. The summed E-state index contributed by atoms with van der Waals surface area (Å²) in [5, 5.41) is 120. The maximum Gasteiger partial charge on any atom is 0.220 e. The Labute approximate surface area is 542 Å². The number of allylic oxidation sites excluding steroid dienone is 5. The van der Waals surface area contributed by atoms with Gasteiger partial charge in [0.25, 0.3) is 0 Å². The monoisotopic (exact) mass is 1290 g/mol. The van der Waals surface area contributed by atoms with Gasteiger partial charge in [0.1, 0.15) is 73.2 Å². The van der Waals surface area contributed by atoms with Gasteiger partial charge in [-0.25, -0.2) is 0 Å². The van der Waals surface area contributed by atoms with Crippen LogP contribution >= 0.6 is 0 Å². The molecule has 0 aromatic rings. The van der Waals surface area contributed by atoms with Crippen molar-refractivity contribution in [2.24, 2.45) is 0 Å². The molecule has 17 atom stereocenters. The Balaban J connectivity index is 1.41. The fourth-order valence-corrected chi connectivity index (χ4v) is 12.3. The summed E-state index contributed by atoms with van der Waals surface area (Å²) in [6.45, 7) is 1.73. The number of aliphatic hydroxyl groups is 11. The topological polar surface area (TPSA) is 307 Å². The molecule has 3 fully saturated rings. The van der Waals surface area contributed by atoms with Crippen molar-refractivity contribution in [2.45, 2.75) is 381 Å². The zero-order valence-corrected chi connectivity index (χ0v) is 55.9. The van der Waals surface area contributed by atoms with Crippen LogP contribution in [0, 0.1) is 0 Å². The number of aliphatic hydroxyl groups excluding tert-OH is 11. The third-order valence-electron chi connectivity index (χ3n) is 18.2. The number of amides is 1. The molecule has 0 aliphatic carbocycles. The standard InChI is InChI=1S/C71H131NO18/c1-3-5-7-9-11-13-15-17-19-21-22-23-24-25-26-27-28-29-30-31-33-35-37-39-41-43-45-47-49-59(77)72-54(55(76)48-46-44-42-40-38-36-34-32-20-18-16-14-12-10-8-6-4-2)53-85-69-65(83)62(80)67(57(51-74)87-69)90-71-66(84)63(81)68(58(52-75)88-71)89-70-64(82)61(79)60(78)56(50-73)86-70/h20,32,38,40,46,48,54-58,60-71,73-76,78-84H,3-19,21-31,33-37,39,41-45,47,49-53H2,1-2H3,(H,72,77)/b32-20+,40-38+,48-46+. The van der Waals surface area contributed by atoms with Crippen LogP contribution in [0.1, 0.15) is 277 Å². The summed E-state index contributed by atoms with van der Waals surface area (Å²) in [4.78, 5) is 13.4. The summed E-state index contributed by atoms with van der Waals surface area (Å²) in [6.07, 6.45) is 35.7. The van der Waals surface area contributed by atoms with E-state index in [9.17, 15) is 61.0 Å². The van der Waals surface area contributed by atoms with Gasteiger partial charge in [0.05, 0.1) is 38.6 Å². The van der Waals surface area contributed by atoms with Gasteiger partial charge < -0.3 is 89.9 Å². The molecule has 0 aromatic carbocycles. The highest BCUT2D eigenvalue weighted by Crippen LogP contribution is 2.33. The van der Waals surface area contributed by atoms with Crippen LogP contribution in [-0.2, 0) is 33.2 Å². The van der Waals surface area contributed by atoms with Gasteiger partial charge in [-0.1, -0.05) is 262 Å².